The Morgan fingerprint density at radius 1 is 1.28 bits per heavy atom. The lowest BCUT2D eigenvalue weighted by Gasteiger charge is -2.05. The number of hydrogen-bond donors (Lipinski definition) is 5. The molecule has 0 aromatic heterocycles. The van der Waals surface area contributed by atoms with Crippen molar-refractivity contribution in [1.29, 1.82) is 0 Å². The molecule has 0 bridgehead atoms. The van der Waals surface area contributed by atoms with Crippen molar-refractivity contribution in [3.05, 3.63) is 35.9 Å². The van der Waals surface area contributed by atoms with Gasteiger partial charge in [0.1, 0.15) is 0 Å². The number of aliphatic hydroxyl groups is 2. The Labute approximate surface area is 104 Å². The molecule has 1 aromatic rings. The van der Waals surface area contributed by atoms with E-state index in [4.69, 9.17) is 25.4 Å². The Kier molecular flexibility index (Phi) is 8.80. The number of carboxylic acids is 1. The van der Waals surface area contributed by atoms with Crippen molar-refractivity contribution >= 4 is 13.3 Å². The van der Waals surface area contributed by atoms with Crippen molar-refractivity contribution < 1.29 is 34.8 Å². The highest BCUT2D eigenvalue weighted by atomic mass is 16.6. The van der Waals surface area contributed by atoms with Crippen LogP contribution >= 0.6 is 0 Å². The first-order valence-corrected chi connectivity index (χ1v) is 5.02. The smallest absolute Gasteiger partial charge is 0.478 e. The molecule has 0 saturated heterocycles. The van der Waals surface area contributed by atoms with Gasteiger partial charge in [0.05, 0.1) is 24.9 Å². The molecule has 0 spiro atoms. The van der Waals surface area contributed by atoms with Crippen LogP contribution < -0.4 is 0 Å². The highest BCUT2D eigenvalue weighted by molar-refractivity contribution is 6.32. The van der Waals surface area contributed by atoms with Crippen LogP contribution in [0.2, 0.25) is 0 Å². The highest BCUT2D eigenvalue weighted by Crippen LogP contribution is 1.96. The van der Waals surface area contributed by atoms with Crippen molar-refractivity contribution in [3.8, 4) is 0 Å². The van der Waals surface area contributed by atoms with Gasteiger partial charge in [-0.1, -0.05) is 18.2 Å². The minimum absolute atomic E-state index is 0.284. The fraction of sp³-hybridized carbons (Fsp3) is 0.300. The summed E-state index contributed by atoms with van der Waals surface area (Å²) in [5.41, 5.74) is 0.331. The van der Waals surface area contributed by atoms with Gasteiger partial charge in [-0.2, -0.15) is 0 Å². The number of aromatic carboxylic acids is 1. The molecule has 1 atom stereocenters. The van der Waals surface area contributed by atoms with Gasteiger partial charge in [0.15, 0.2) is 0 Å². The molecule has 1 unspecified atom stereocenters. The van der Waals surface area contributed by atoms with Gasteiger partial charge >= 0.3 is 13.3 Å². The van der Waals surface area contributed by atoms with Crippen molar-refractivity contribution in [2.24, 2.45) is 0 Å². The molecule has 0 aliphatic heterocycles. The van der Waals surface area contributed by atoms with Crippen molar-refractivity contribution in [1.82, 2.24) is 0 Å². The molecule has 7 nitrogen and oxygen atoms in total. The molecule has 8 heteroatoms. The summed E-state index contributed by atoms with van der Waals surface area (Å²) in [6.07, 6.45) is -1.05. The number of rotatable bonds is 5. The van der Waals surface area contributed by atoms with Gasteiger partial charge in [0, 0.05) is 0 Å². The third-order valence-electron chi connectivity index (χ3n) is 1.67. The summed E-state index contributed by atoms with van der Waals surface area (Å²) >= 11 is 0. The molecule has 1 aromatic carbocycles. The maximum atomic E-state index is 10.2. The number of hydrogen-bond acceptors (Lipinski definition) is 6. The molecular formula is C10H15BO7. The average Bonchev–Trinajstić information content (AvgIpc) is 2.37. The molecule has 0 radical (unpaired) electrons. The molecule has 0 amide bonds. The number of carbonyl (C=O) groups is 1. The zero-order valence-corrected chi connectivity index (χ0v) is 9.51. The van der Waals surface area contributed by atoms with E-state index in [-0.39, 0.29) is 6.61 Å². The van der Waals surface area contributed by atoms with Gasteiger partial charge in [0.25, 0.3) is 0 Å². The first-order chi connectivity index (χ1) is 8.47. The maximum Gasteiger partial charge on any atom is 0.633 e. The second-order valence-corrected chi connectivity index (χ2v) is 3.17. The predicted octanol–water partition coefficient (Wildman–Crippen LogP) is -1.29. The second kappa shape index (κ2) is 9.57. The van der Waals surface area contributed by atoms with Gasteiger partial charge in [0.2, 0.25) is 0 Å². The van der Waals surface area contributed by atoms with Crippen molar-refractivity contribution in [2.75, 3.05) is 13.2 Å². The zero-order valence-electron chi connectivity index (χ0n) is 9.51. The SMILES string of the molecule is O=C(O)c1ccccc1.OCC(O)COB(O)O. The fourth-order valence-corrected chi connectivity index (χ4v) is 0.831. The van der Waals surface area contributed by atoms with Crippen LogP contribution in [0.25, 0.3) is 0 Å². The van der Waals surface area contributed by atoms with Gasteiger partial charge < -0.3 is 30.0 Å². The number of carboxylic acid groups (broad SMARTS) is 1. The monoisotopic (exact) mass is 258 g/mol. The van der Waals surface area contributed by atoms with Crippen LogP contribution in [0.15, 0.2) is 30.3 Å². The van der Waals surface area contributed by atoms with E-state index in [1.54, 1.807) is 30.3 Å². The van der Waals surface area contributed by atoms with Gasteiger partial charge in [-0.15, -0.1) is 0 Å². The van der Waals surface area contributed by atoms with Crippen molar-refractivity contribution in [2.45, 2.75) is 6.10 Å². The largest absolute Gasteiger partial charge is 0.633 e. The second-order valence-electron chi connectivity index (χ2n) is 3.17. The molecule has 5 N–H and O–H groups in total. The summed E-state index contributed by atoms with van der Waals surface area (Å²) in [7, 11) is -1.88. The fourth-order valence-electron chi connectivity index (χ4n) is 0.831. The van der Waals surface area contributed by atoms with Gasteiger partial charge in [-0.3, -0.25) is 0 Å². The van der Waals surface area contributed by atoms with E-state index >= 15 is 0 Å². The molecule has 0 aliphatic rings. The van der Waals surface area contributed by atoms with Gasteiger partial charge in [-0.05, 0) is 12.1 Å². The maximum absolute atomic E-state index is 10.2. The lowest BCUT2D eigenvalue weighted by molar-refractivity contribution is 0.0362. The van der Waals surface area contributed by atoms with Crippen LogP contribution in [0.4, 0.5) is 0 Å². The summed E-state index contributed by atoms with van der Waals surface area (Å²) in [5.74, 6) is -0.879. The van der Waals surface area contributed by atoms with E-state index in [1.807, 2.05) is 0 Å². The van der Waals surface area contributed by atoms with Crippen LogP contribution in [0.3, 0.4) is 0 Å². The summed E-state index contributed by atoms with van der Waals surface area (Å²) in [6.45, 7) is -0.735. The van der Waals surface area contributed by atoms with E-state index in [0.29, 0.717) is 5.56 Å². The van der Waals surface area contributed by atoms with E-state index < -0.39 is 26.0 Å². The quantitative estimate of drug-likeness (QED) is 0.416. The number of benzene rings is 1. The Bertz CT molecular complexity index is 330. The third kappa shape index (κ3) is 8.68. The van der Waals surface area contributed by atoms with E-state index in [2.05, 4.69) is 4.65 Å². The summed E-state index contributed by atoms with van der Waals surface area (Å²) in [4.78, 5) is 10.2. The zero-order chi connectivity index (χ0) is 14.0. The molecule has 0 saturated carbocycles. The molecule has 0 heterocycles. The highest BCUT2D eigenvalue weighted by Gasteiger charge is 2.10. The van der Waals surface area contributed by atoms with Crippen LogP contribution in [-0.2, 0) is 4.65 Å². The Morgan fingerprint density at radius 2 is 1.83 bits per heavy atom. The van der Waals surface area contributed by atoms with Crippen molar-refractivity contribution in [3.63, 3.8) is 0 Å². The first-order valence-electron chi connectivity index (χ1n) is 5.02. The van der Waals surface area contributed by atoms with Crippen LogP contribution in [-0.4, -0.2) is 58.0 Å². The molecule has 0 fully saturated rings. The summed E-state index contributed by atoms with van der Waals surface area (Å²) < 4.78 is 4.10. The molecular weight excluding hydrogens is 243 g/mol. The molecule has 18 heavy (non-hydrogen) atoms. The first kappa shape index (κ1) is 16.6. The molecule has 0 aliphatic carbocycles. The summed E-state index contributed by atoms with van der Waals surface area (Å²) in [5, 5.41) is 41.1. The minimum atomic E-state index is -1.88. The van der Waals surface area contributed by atoms with Gasteiger partial charge in [-0.25, -0.2) is 4.79 Å². The Hall–Kier alpha value is -1.45. The number of aliphatic hydroxyl groups excluding tert-OH is 2. The molecule has 1 rings (SSSR count). The topological polar surface area (TPSA) is 127 Å². The lowest BCUT2D eigenvalue weighted by Crippen LogP contribution is -2.26. The summed E-state index contributed by atoms with van der Waals surface area (Å²) in [6, 6.07) is 8.30. The van der Waals surface area contributed by atoms with Crippen LogP contribution in [0.5, 0.6) is 0 Å². The third-order valence-corrected chi connectivity index (χ3v) is 1.67. The minimum Gasteiger partial charge on any atom is -0.478 e. The standard InChI is InChI=1S/C7H6O2.C3H9BO5/c8-7(9)6-4-2-1-3-5-6;5-1-3(6)2-9-4(7)8/h1-5H,(H,8,9);3,5-8H,1-2H2. The Balaban J connectivity index is 0.000000321. The van der Waals surface area contributed by atoms with Crippen LogP contribution in [0, 0.1) is 0 Å². The molecule has 100 valence electrons. The van der Waals surface area contributed by atoms with Crippen LogP contribution in [0.1, 0.15) is 10.4 Å². The van der Waals surface area contributed by atoms with E-state index in [1.165, 1.54) is 0 Å². The lowest BCUT2D eigenvalue weighted by atomic mass is 10.2. The normalized spacial score (nSPS) is 11.1. The predicted molar refractivity (Wildman–Crippen MR) is 62.6 cm³/mol. The average molecular weight is 258 g/mol. The Morgan fingerprint density at radius 3 is 2.17 bits per heavy atom. The van der Waals surface area contributed by atoms with E-state index in [0.717, 1.165) is 0 Å². The van der Waals surface area contributed by atoms with E-state index in [9.17, 15) is 4.79 Å².